The molecule has 2 unspecified atom stereocenters. The third-order valence-corrected chi connectivity index (χ3v) is 5.04. The zero-order valence-corrected chi connectivity index (χ0v) is 15.7. The number of hydrogen-bond donors (Lipinski definition) is 1. The van der Waals surface area contributed by atoms with Gasteiger partial charge in [-0.2, -0.15) is 0 Å². The fourth-order valence-electron chi connectivity index (χ4n) is 3.31. The zero-order chi connectivity index (χ0) is 19.1. The number of benzene rings is 2. The van der Waals surface area contributed by atoms with E-state index < -0.39 is 5.60 Å². The van der Waals surface area contributed by atoms with Crippen molar-refractivity contribution >= 4 is 6.09 Å². The minimum Gasteiger partial charge on any atom is -0.445 e. The van der Waals surface area contributed by atoms with E-state index in [4.69, 9.17) is 9.47 Å². The summed E-state index contributed by atoms with van der Waals surface area (Å²) in [5, 5.41) is 10.8. The normalized spacial score (nSPS) is 18.9. The van der Waals surface area contributed by atoms with Gasteiger partial charge in [-0.3, -0.25) is 0 Å². The van der Waals surface area contributed by atoms with Crippen LogP contribution in [0.5, 0.6) is 0 Å². The summed E-state index contributed by atoms with van der Waals surface area (Å²) in [7, 11) is 0. The van der Waals surface area contributed by atoms with Crippen molar-refractivity contribution in [3.63, 3.8) is 0 Å². The highest BCUT2D eigenvalue weighted by Gasteiger charge is 2.39. The van der Waals surface area contributed by atoms with E-state index in [1.54, 1.807) is 11.8 Å². The van der Waals surface area contributed by atoms with Crippen molar-refractivity contribution in [1.29, 1.82) is 0 Å². The molecule has 0 bridgehead atoms. The maximum atomic E-state index is 12.3. The maximum absolute atomic E-state index is 12.3. The third kappa shape index (κ3) is 5.55. The summed E-state index contributed by atoms with van der Waals surface area (Å²) >= 11 is 0. The Bertz CT molecular complexity index is 718. The van der Waals surface area contributed by atoms with Crippen molar-refractivity contribution in [2.75, 3.05) is 19.7 Å². The van der Waals surface area contributed by atoms with E-state index in [0.29, 0.717) is 19.7 Å². The molecular weight excluding hydrogens is 342 g/mol. The molecular formula is C22H27NO4. The van der Waals surface area contributed by atoms with Crippen LogP contribution in [-0.4, -0.2) is 41.4 Å². The molecule has 1 aliphatic heterocycles. The van der Waals surface area contributed by atoms with E-state index in [1.807, 2.05) is 60.7 Å². The van der Waals surface area contributed by atoms with Crippen LogP contribution < -0.4 is 0 Å². The van der Waals surface area contributed by atoms with Gasteiger partial charge in [0.25, 0.3) is 0 Å². The third-order valence-electron chi connectivity index (χ3n) is 5.04. The van der Waals surface area contributed by atoms with Crippen molar-refractivity contribution < 1.29 is 19.4 Å². The van der Waals surface area contributed by atoms with Crippen LogP contribution in [-0.2, 0) is 22.7 Å². The Hall–Kier alpha value is -2.37. The summed E-state index contributed by atoms with van der Waals surface area (Å²) in [6, 6.07) is 19.5. The van der Waals surface area contributed by atoms with E-state index >= 15 is 0 Å². The van der Waals surface area contributed by atoms with Gasteiger partial charge in [0.2, 0.25) is 0 Å². The Morgan fingerprint density at radius 2 is 1.67 bits per heavy atom. The Kier molecular flexibility index (Phi) is 6.48. The second kappa shape index (κ2) is 9.02. The summed E-state index contributed by atoms with van der Waals surface area (Å²) in [6.07, 6.45) is 0.407. The lowest BCUT2D eigenvalue weighted by molar-refractivity contribution is -0.0735. The Labute approximate surface area is 160 Å². The first-order valence-corrected chi connectivity index (χ1v) is 9.34. The molecule has 0 saturated carbocycles. The van der Waals surface area contributed by atoms with Gasteiger partial charge in [0.1, 0.15) is 6.61 Å². The lowest BCUT2D eigenvalue weighted by Crippen LogP contribution is -2.41. The average Bonchev–Trinajstić information content (AvgIpc) is 3.19. The molecule has 2 atom stereocenters. The van der Waals surface area contributed by atoms with Crippen molar-refractivity contribution in [2.24, 2.45) is 5.92 Å². The second-order valence-corrected chi connectivity index (χ2v) is 7.31. The van der Waals surface area contributed by atoms with E-state index in [0.717, 1.165) is 17.5 Å². The molecule has 1 aliphatic rings. The van der Waals surface area contributed by atoms with Gasteiger partial charge in [-0.1, -0.05) is 60.7 Å². The standard InChI is InChI=1S/C22H27NO4/c1-22(25,17-26-15-18-8-4-2-5-9-18)20-12-13-23(14-20)21(24)27-16-19-10-6-3-7-11-19/h2-11,20,25H,12-17H2,1H3. The number of nitrogens with zero attached hydrogens (tertiary/aromatic N) is 1. The highest BCUT2D eigenvalue weighted by Crippen LogP contribution is 2.28. The van der Waals surface area contributed by atoms with Gasteiger partial charge >= 0.3 is 6.09 Å². The Balaban J connectivity index is 1.43. The molecule has 1 heterocycles. The Morgan fingerprint density at radius 3 is 2.30 bits per heavy atom. The van der Waals surface area contributed by atoms with Crippen molar-refractivity contribution in [3.8, 4) is 0 Å². The number of carbonyl (C=O) groups is 1. The van der Waals surface area contributed by atoms with E-state index in [2.05, 4.69) is 0 Å². The number of aliphatic hydroxyl groups is 1. The van der Waals surface area contributed by atoms with Gasteiger partial charge in [0.15, 0.2) is 0 Å². The number of hydrogen-bond acceptors (Lipinski definition) is 4. The molecule has 0 aliphatic carbocycles. The maximum Gasteiger partial charge on any atom is 0.410 e. The van der Waals surface area contributed by atoms with Crippen LogP contribution >= 0.6 is 0 Å². The number of carbonyl (C=O) groups excluding carboxylic acids is 1. The summed E-state index contributed by atoms with van der Waals surface area (Å²) in [5.74, 6) is -0.0300. The highest BCUT2D eigenvalue weighted by molar-refractivity contribution is 5.68. The summed E-state index contributed by atoms with van der Waals surface area (Å²) in [4.78, 5) is 13.9. The number of rotatable bonds is 7. The summed E-state index contributed by atoms with van der Waals surface area (Å²) < 4.78 is 11.1. The molecule has 5 heteroatoms. The van der Waals surface area contributed by atoms with E-state index in [1.165, 1.54) is 0 Å². The quantitative estimate of drug-likeness (QED) is 0.810. The van der Waals surface area contributed by atoms with Crippen molar-refractivity contribution in [1.82, 2.24) is 4.90 Å². The summed E-state index contributed by atoms with van der Waals surface area (Å²) in [6.45, 7) is 3.81. The van der Waals surface area contributed by atoms with Crippen LogP contribution in [0.4, 0.5) is 4.79 Å². The molecule has 0 radical (unpaired) electrons. The molecule has 5 nitrogen and oxygen atoms in total. The van der Waals surface area contributed by atoms with Crippen molar-refractivity contribution in [3.05, 3.63) is 71.8 Å². The van der Waals surface area contributed by atoms with Crippen LogP contribution in [0.25, 0.3) is 0 Å². The van der Waals surface area contributed by atoms with Gasteiger partial charge in [0, 0.05) is 19.0 Å². The minimum atomic E-state index is -0.983. The van der Waals surface area contributed by atoms with Gasteiger partial charge in [-0.25, -0.2) is 4.79 Å². The Morgan fingerprint density at radius 1 is 1.07 bits per heavy atom. The molecule has 1 amide bonds. The van der Waals surface area contributed by atoms with Crippen LogP contribution in [0, 0.1) is 5.92 Å². The van der Waals surface area contributed by atoms with Gasteiger partial charge in [0.05, 0.1) is 18.8 Å². The molecule has 3 rings (SSSR count). The summed E-state index contributed by atoms with van der Waals surface area (Å²) in [5.41, 5.74) is 1.05. The molecule has 0 aromatic heterocycles. The first kappa shape index (κ1) is 19.4. The smallest absolute Gasteiger partial charge is 0.410 e. The minimum absolute atomic E-state index is 0.0300. The topological polar surface area (TPSA) is 59.0 Å². The van der Waals surface area contributed by atoms with Gasteiger partial charge in [-0.15, -0.1) is 0 Å². The number of likely N-dealkylation sites (tertiary alicyclic amines) is 1. The number of amides is 1. The van der Waals surface area contributed by atoms with E-state index in [9.17, 15) is 9.90 Å². The van der Waals surface area contributed by atoms with Crippen LogP contribution in [0.15, 0.2) is 60.7 Å². The molecule has 2 aromatic carbocycles. The average molecular weight is 369 g/mol. The van der Waals surface area contributed by atoms with Crippen LogP contribution in [0.2, 0.25) is 0 Å². The molecule has 2 aromatic rings. The highest BCUT2D eigenvalue weighted by atomic mass is 16.6. The molecule has 144 valence electrons. The second-order valence-electron chi connectivity index (χ2n) is 7.31. The monoisotopic (exact) mass is 369 g/mol. The lowest BCUT2D eigenvalue weighted by atomic mass is 9.89. The fourth-order valence-corrected chi connectivity index (χ4v) is 3.31. The van der Waals surface area contributed by atoms with Crippen LogP contribution in [0.3, 0.4) is 0 Å². The molecule has 27 heavy (non-hydrogen) atoms. The first-order valence-electron chi connectivity index (χ1n) is 9.34. The predicted molar refractivity (Wildman–Crippen MR) is 103 cm³/mol. The SMILES string of the molecule is CC(O)(COCc1ccccc1)C1CCN(C(=O)OCc2ccccc2)C1. The predicted octanol–water partition coefficient (Wildman–Crippen LogP) is 3.61. The first-order chi connectivity index (χ1) is 13.0. The van der Waals surface area contributed by atoms with E-state index in [-0.39, 0.29) is 25.2 Å². The zero-order valence-electron chi connectivity index (χ0n) is 15.7. The largest absolute Gasteiger partial charge is 0.445 e. The molecule has 1 N–H and O–H groups in total. The van der Waals surface area contributed by atoms with Crippen molar-refractivity contribution in [2.45, 2.75) is 32.2 Å². The van der Waals surface area contributed by atoms with Gasteiger partial charge < -0.3 is 19.5 Å². The number of ether oxygens (including phenoxy) is 2. The molecule has 0 spiro atoms. The molecule has 1 fully saturated rings. The van der Waals surface area contributed by atoms with Gasteiger partial charge in [-0.05, 0) is 24.5 Å². The lowest BCUT2D eigenvalue weighted by Gasteiger charge is -2.29. The molecule has 1 saturated heterocycles. The van der Waals surface area contributed by atoms with Crippen LogP contribution in [0.1, 0.15) is 24.5 Å². The fraction of sp³-hybridized carbons (Fsp3) is 0.409.